The molecule has 2 aromatic carbocycles. The van der Waals surface area contributed by atoms with Crippen molar-refractivity contribution in [2.24, 2.45) is 5.73 Å². The molecular weight excluding hydrogens is 642 g/mol. The van der Waals surface area contributed by atoms with Crippen molar-refractivity contribution in [1.82, 2.24) is 39.8 Å². The summed E-state index contributed by atoms with van der Waals surface area (Å²) in [5.74, 6) is -0.471. The van der Waals surface area contributed by atoms with Crippen LogP contribution >= 0.6 is 11.8 Å². The average Bonchev–Trinajstić information content (AvgIpc) is 3.91. The number of halogens is 2. The van der Waals surface area contributed by atoms with Crippen LogP contribution in [-0.2, 0) is 13.1 Å². The fraction of sp³-hybridized carbons (Fsp3) is 0.0938. The first-order valence-corrected chi connectivity index (χ1v) is 15.4. The van der Waals surface area contributed by atoms with Crippen molar-refractivity contribution in [2.75, 3.05) is 6.26 Å². The van der Waals surface area contributed by atoms with Crippen molar-refractivity contribution in [3.63, 3.8) is 0 Å². The van der Waals surface area contributed by atoms with Gasteiger partial charge in [0.2, 0.25) is 0 Å². The summed E-state index contributed by atoms with van der Waals surface area (Å²) in [6.45, 7) is 0.407. The SMILES string of the molecule is CSc1cnc(-c2cc(-c3ccon3)n(Cc3ccccc3F)n2)[nH]c1=O.N=C(N)c1cc(-c2ccon2)n(Cc2ccccc2F)n1. The first-order valence-electron chi connectivity index (χ1n) is 14.2. The average molecular weight is 669 g/mol. The minimum Gasteiger partial charge on any atom is -0.382 e. The van der Waals surface area contributed by atoms with Gasteiger partial charge in [-0.3, -0.25) is 19.6 Å². The molecule has 5 heterocycles. The predicted molar refractivity (Wildman–Crippen MR) is 173 cm³/mol. The number of nitrogens with two attached hydrogens (primary N) is 1. The quantitative estimate of drug-likeness (QED) is 0.105. The van der Waals surface area contributed by atoms with Gasteiger partial charge in [0, 0.05) is 29.5 Å². The van der Waals surface area contributed by atoms with Crippen LogP contribution in [0, 0.1) is 17.0 Å². The molecule has 7 aromatic rings. The highest BCUT2D eigenvalue weighted by Crippen LogP contribution is 2.25. The van der Waals surface area contributed by atoms with Gasteiger partial charge >= 0.3 is 0 Å². The minimum absolute atomic E-state index is 0.160. The van der Waals surface area contributed by atoms with Crippen molar-refractivity contribution in [2.45, 2.75) is 18.0 Å². The maximum absolute atomic E-state index is 14.1. The van der Waals surface area contributed by atoms with Crippen molar-refractivity contribution in [3.05, 3.63) is 130 Å². The highest BCUT2D eigenvalue weighted by molar-refractivity contribution is 7.98. The first-order chi connectivity index (χ1) is 23.3. The number of thioether (sulfide) groups is 1. The third-order valence-electron chi connectivity index (χ3n) is 7.02. The normalized spacial score (nSPS) is 10.9. The van der Waals surface area contributed by atoms with Crippen LogP contribution < -0.4 is 11.3 Å². The molecule has 0 bridgehead atoms. The van der Waals surface area contributed by atoms with E-state index in [1.165, 1.54) is 42.6 Å². The second kappa shape index (κ2) is 14.1. The van der Waals surface area contributed by atoms with E-state index in [0.717, 1.165) is 0 Å². The maximum atomic E-state index is 14.1. The molecule has 48 heavy (non-hydrogen) atoms. The van der Waals surface area contributed by atoms with E-state index in [1.54, 1.807) is 76.3 Å². The van der Waals surface area contributed by atoms with Crippen LogP contribution in [0.3, 0.4) is 0 Å². The zero-order valence-electron chi connectivity index (χ0n) is 25.2. The van der Waals surface area contributed by atoms with Gasteiger partial charge in [-0.05, 0) is 30.5 Å². The van der Waals surface area contributed by atoms with E-state index in [2.05, 4.69) is 30.5 Å². The number of amidine groups is 1. The molecule has 4 N–H and O–H groups in total. The van der Waals surface area contributed by atoms with Gasteiger partial charge in [-0.2, -0.15) is 10.2 Å². The number of hydrogen-bond acceptors (Lipinski definition) is 10. The Kier molecular flexibility index (Phi) is 9.33. The molecule has 0 amide bonds. The van der Waals surface area contributed by atoms with Crippen molar-refractivity contribution in [1.29, 1.82) is 5.41 Å². The summed E-state index contributed by atoms with van der Waals surface area (Å²) in [5, 5.41) is 24.0. The summed E-state index contributed by atoms with van der Waals surface area (Å²) in [6.07, 6.45) is 6.19. The molecule has 7 rings (SSSR count). The van der Waals surface area contributed by atoms with E-state index < -0.39 is 0 Å². The van der Waals surface area contributed by atoms with E-state index in [1.807, 2.05) is 0 Å². The molecule has 13 nitrogen and oxygen atoms in total. The summed E-state index contributed by atoms with van der Waals surface area (Å²) in [6, 6.07) is 19.6. The van der Waals surface area contributed by atoms with Crippen molar-refractivity contribution >= 4 is 17.6 Å². The minimum atomic E-state index is -0.323. The Labute approximate surface area is 274 Å². The molecule has 0 saturated heterocycles. The van der Waals surface area contributed by atoms with Gasteiger partial charge in [0.25, 0.3) is 5.56 Å². The molecule has 0 aliphatic rings. The molecule has 0 unspecified atom stereocenters. The summed E-state index contributed by atoms with van der Waals surface area (Å²) < 4.78 is 40.7. The van der Waals surface area contributed by atoms with Gasteiger partial charge in [0.05, 0.1) is 29.4 Å². The van der Waals surface area contributed by atoms with E-state index in [-0.39, 0.29) is 36.1 Å². The lowest BCUT2D eigenvalue weighted by Gasteiger charge is -2.06. The highest BCUT2D eigenvalue weighted by atomic mass is 32.2. The highest BCUT2D eigenvalue weighted by Gasteiger charge is 2.18. The molecule has 242 valence electrons. The first kappa shape index (κ1) is 31.8. The molecule has 0 aliphatic carbocycles. The summed E-state index contributed by atoms with van der Waals surface area (Å²) in [4.78, 5) is 19.6. The molecule has 0 fully saturated rings. The summed E-state index contributed by atoms with van der Waals surface area (Å²) in [5.41, 5.74) is 9.29. The molecule has 16 heteroatoms. The molecule has 5 aromatic heterocycles. The van der Waals surface area contributed by atoms with Gasteiger partial charge < -0.3 is 19.8 Å². The predicted octanol–water partition coefficient (Wildman–Crippen LogP) is 5.21. The molecule has 0 atom stereocenters. The largest absolute Gasteiger partial charge is 0.382 e. The molecular formula is C32H26F2N10O3S. The number of H-pyrrole nitrogens is 1. The Morgan fingerprint density at radius 1 is 0.854 bits per heavy atom. The van der Waals surface area contributed by atoms with Gasteiger partial charge in [0.1, 0.15) is 52.8 Å². The monoisotopic (exact) mass is 668 g/mol. The maximum Gasteiger partial charge on any atom is 0.264 e. The third-order valence-corrected chi connectivity index (χ3v) is 7.75. The van der Waals surface area contributed by atoms with Crippen LogP contribution in [0.5, 0.6) is 0 Å². The Morgan fingerprint density at radius 3 is 1.92 bits per heavy atom. The Bertz CT molecular complexity index is 2230. The van der Waals surface area contributed by atoms with E-state index in [9.17, 15) is 13.6 Å². The number of nitrogen functional groups attached to an aromatic ring is 1. The van der Waals surface area contributed by atoms with Crippen molar-refractivity contribution in [3.8, 4) is 34.3 Å². The third kappa shape index (κ3) is 6.97. The topological polar surface area (TPSA) is 183 Å². The van der Waals surface area contributed by atoms with E-state index >= 15 is 0 Å². The van der Waals surface area contributed by atoms with E-state index in [4.69, 9.17) is 20.2 Å². The zero-order chi connectivity index (χ0) is 33.6. The number of nitrogens with zero attached hydrogens (tertiary/aromatic N) is 7. The van der Waals surface area contributed by atoms with Crippen molar-refractivity contribution < 1.29 is 17.8 Å². The molecule has 0 spiro atoms. The van der Waals surface area contributed by atoms with Crippen LogP contribution in [0.4, 0.5) is 8.78 Å². The lowest BCUT2D eigenvalue weighted by molar-refractivity contribution is 0.421. The number of rotatable bonds is 9. The smallest absolute Gasteiger partial charge is 0.264 e. The van der Waals surface area contributed by atoms with Gasteiger partial charge in [-0.25, -0.2) is 13.8 Å². The zero-order valence-corrected chi connectivity index (χ0v) is 26.0. The second-order valence-corrected chi connectivity index (χ2v) is 11.0. The molecule has 0 saturated carbocycles. The second-order valence-electron chi connectivity index (χ2n) is 10.1. The standard InChI is InChI=1S/C18H14FN5O2S.C14H12FN5O/c1-27-16-9-20-17(21-18(16)25)14-8-15(13-6-7-26-23-13)24(22-14)10-11-4-2-3-5-12(11)19;15-10-4-2-1-3-9(10)8-20-13(11-5-6-21-19-11)7-12(18-20)14(16)17/h2-9H,10H2,1H3,(H,20,21,25);1-7H,8H2,(H3,16,17). The number of benzene rings is 2. The summed E-state index contributed by atoms with van der Waals surface area (Å²) in [7, 11) is 0. The summed E-state index contributed by atoms with van der Waals surface area (Å²) >= 11 is 1.31. The number of aromatic amines is 1. The number of hydrogen-bond donors (Lipinski definition) is 3. The molecule has 0 radical (unpaired) electrons. The Balaban J connectivity index is 0.000000173. The fourth-order valence-corrected chi connectivity index (χ4v) is 5.05. The van der Waals surface area contributed by atoms with Gasteiger partial charge in [0.15, 0.2) is 5.82 Å². The lowest BCUT2D eigenvalue weighted by Crippen LogP contribution is -2.13. The van der Waals surface area contributed by atoms with Gasteiger partial charge in [-0.15, -0.1) is 11.8 Å². The van der Waals surface area contributed by atoms with Crippen LogP contribution in [0.1, 0.15) is 16.8 Å². The van der Waals surface area contributed by atoms with E-state index in [0.29, 0.717) is 56.0 Å². The number of aromatic nitrogens is 8. The van der Waals surface area contributed by atoms with Crippen LogP contribution in [0.25, 0.3) is 34.3 Å². The van der Waals surface area contributed by atoms with Crippen LogP contribution in [0.15, 0.2) is 110 Å². The van der Waals surface area contributed by atoms with Crippen LogP contribution in [-0.4, -0.2) is 51.9 Å². The number of nitrogens with one attached hydrogen (secondary N) is 2. The lowest BCUT2D eigenvalue weighted by atomic mass is 10.2. The Hall–Kier alpha value is -6.16. The fourth-order valence-electron chi connectivity index (χ4n) is 4.66. The Morgan fingerprint density at radius 2 is 1.42 bits per heavy atom. The molecule has 0 aliphatic heterocycles. The van der Waals surface area contributed by atoms with Gasteiger partial charge in [-0.1, -0.05) is 46.7 Å². The van der Waals surface area contributed by atoms with Crippen LogP contribution in [0.2, 0.25) is 0 Å².